The lowest BCUT2D eigenvalue weighted by Gasteiger charge is -2.22. The Morgan fingerprint density at radius 2 is 1.79 bits per heavy atom. The van der Waals surface area contributed by atoms with E-state index in [0.717, 1.165) is 12.8 Å². The van der Waals surface area contributed by atoms with Gasteiger partial charge in [0.25, 0.3) is 0 Å². The van der Waals surface area contributed by atoms with Gasteiger partial charge in [0.05, 0.1) is 6.04 Å². The van der Waals surface area contributed by atoms with Crippen molar-refractivity contribution < 1.29 is 4.79 Å². The van der Waals surface area contributed by atoms with Gasteiger partial charge in [0.15, 0.2) is 0 Å². The summed E-state index contributed by atoms with van der Waals surface area (Å²) in [6.45, 7) is 8.02. The third-order valence-electron chi connectivity index (χ3n) is 3.13. The van der Waals surface area contributed by atoms with Crippen LogP contribution in [0.3, 0.4) is 0 Å². The van der Waals surface area contributed by atoms with E-state index in [-0.39, 0.29) is 18.0 Å². The number of hydrogen-bond donors (Lipinski definition) is 2. The Bertz CT molecular complexity index is 376. The molecule has 2 unspecified atom stereocenters. The first kappa shape index (κ1) is 15.7. The Labute approximate surface area is 116 Å². The van der Waals surface area contributed by atoms with Gasteiger partial charge in [-0.3, -0.25) is 4.79 Å². The van der Waals surface area contributed by atoms with E-state index in [1.807, 2.05) is 26.8 Å². The zero-order chi connectivity index (χ0) is 14.3. The Morgan fingerprint density at radius 3 is 2.32 bits per heavy atom. The summed E-state index contributed by atoms with van der Waals surface area (Å²) in [6, 6.07) is 10.7. The van der Waals surface area contributed by atoms with Gasteiger partial charge >= 0.3 is 0 Å². The molecule has 0 aliphatic rings. The Hall–Kier alpha value is -1.35. The molecule has 106 valence electrons. The zero-order valence-corrected chi connectivity index (χ0v) is 12.4. The van der Waals surface area contributed by atoms with E-state index in [9.17, 15) is 4.79 Å². The van der Waals surface area contributed by atoms with E-state index in [2.05, 4.69) is 41.8 Å². The quantitative estimate of drug-likeness (QED) is 0.793. The average molecular weight is 262 g/mol. The van der Waals surface area contributed by atoms with E-state index in [1.54, 1.807) is 0 Å². The summed E-state index contributed by atoms with van der Waals surface area (Å²) in [5.41, 5.74) is 1.30. The molecule has 1 rings (SSSR count). The van der Waals surface area contributed by atoms with Crippen molar-refractivity contribution in [2.24, 2.45) is 0 Å². The maximum atomic E-state index is 11.9. The molecule has 0 fully saturated rings. The number of carbonyl (C=O) groups excluding carboxylic acids is 1. The third-order valence-corrected chi connectivity index (χ3v) is 3.13. The number of benzene rings is 1. The summed E-state index contributed by atoms with van der Waals surface area (Å²) in [6.07, 6.45) is 1.96. The number of rotatable bonds is 7. The summed E-state index contributed by atoms with van der Waals surface area (Å²) in [4.78, 5) is 11.9. The van der Waals surface area contributed by atoms with Gasteiger partial charge in [-0.15, -0.1) is 0 Å². The topological polar surface area (TPSA) is 41.1 Å². The molecular formula is C16H26N2O. The SMILES string of the molecule is CCC(Cc1ccccc1)NC(C)C(=O)NC(C)C. The van der Waals surface area contributed by atoms with E-state index in [0.29, 0.717) is 6.04 Å². The number of carbonyl (C=O) groups is 1. The zero-order valence-electron chi connectivity index (χ0n) is 12.4. The molecule has 0 bridgehead atoms. The molecule has 1 aromatic rings. The van der Waals surface area contributed by atoms with Crippen molar-refractivity contribution in [3.8, 4) is 0 Å². The van der Waals surface area contributed by atoms with Gasteiger partial charge < -0.3 is 10.6 Å². The molecule has 0 aliphatic heterocycles. The lowest BCUT2D eigenvalue weighted by Crippen LogP contribution is -2.48. The van der Waals surface area contributed by atoms with Gasteiger partial charge in [-0.05, 0) is 39.2 Å². The van der Waals surface area contributed by atoms with Crippen LogP contribution in [0.25, 0.3) is 0 Å². The van der Waals surface area contributed by atoms with Crippen LogP contribution in [0.5, 0.6) is 0 Å². The first-order valence-electron chi connectivity index (χ1n) is 7.13. The lowest BCUT2D eigenvalue weighted by atomic mass is 10.0. The minimum Gasteiger partial charge on any atom is -0.353 e. The Kier molecular flexibility index (Phi) is 6.57. The highest BCUT2D eigenvalue weighted by Gasteiger charge is 2.17. The maximum Gasteiger partial charge on any atom is 0.237 e. The van der Waals surface area contributed by atoms with Crippen molar-refractivity contribution in [1.82, 2.24) is 10.6 Å². The third kappa shape index (κ3) is 5.88. The fraction of sp³-hybridized carbons (Fsp3) is 0.562. The first-order chi connectivity index (χ1) is 9.02. The smallest absolute Gasteiger partial charge is 0.237 e. The fourth-order valence-electron chi connectivity index (χ4n) is 2.06. The Morgan fingerprint density at radius 1 is 1.16 bits per heavy atom. The fourth-order valence-corrected chi connectivity index (χ4v) is 2.06. The molecule has 0 heterocycles. The molecule has 1 aromatic carbocycles. The summed E-state index contributed by atoms with van der Waals surface area (Å²) in [5.74, 6) is 0.0708. The predicted molar refractivity (Wildman–Crippen MR) is 80.1 cm³/mol. The first-order valence-corrected chi connectivity index (χ1v) is 7.13. The summed E-state index contributed by atoms with van der Waals surface area (Å²) < 4.78 is 0. The summed E-state index contributed by atoms with van der Waals surface area (Å²) in [5, 5.41) is 6.34. The molecule has 0 aromatic heterocycles. The second kappa shape index (κ2) is 7.95. The highest BCUT2D eigenvalue weighted by molar-refractivity contribution is 5.81. The van der Waals surface area contributed by atoms with Crippen molar-refractivity contribution in [3.05, 3.63) is 35.9 Å². The molecule has 19 heavy (non-hydrogen) atoms. The van der Waals surface area contributed by atoms with E-state index >= 15 is 0 Å². The van der Waals surface area contributed by atoms with Crippen molar-refractivity contribution >= 4 is 5.91 Å². The van der Waals surface area contributed by atoms with Crippen LogP contribution < -0.4 is 10.6 Å². The normalized spacial score (nSPS) is 14.2. The molecule has 0 saturated carbocycles. The average Bonchev–Trinajstić information content (AvgIpc) is 2.38. The monoisotopic (exact) mass is 262 g/mol. The molecule has 2 N–H and O–H groups in total. The van der Waals surface area contributed by atoms with Crippen molar-refractivity contribution in [2.75, 3.05) is 0 Å². The van der Waals surface area contributed by atoms with E-state index < -0.39 is 0 Å². The predicted octanol–water partition coefficient (Wildman–Crippen LogP) is 2.51. The second-order valence-corrected chi connectivity index (χ2v) is 5.35. The van der Waals surface area contributed by atoms with Crippen LogP contribution >= 0.6 is 0 Å². The molecule has 0 aliphatic carbocycles. The molecule has 0 saturated heterocycles. The lowest BCUT2D eigenvalue weighted by molar-refractivity contribution is -0.123. The van der Waals surface area contributed by atoms with Crippen LogP contribution in [0.15, 0.2) is 30.3 Å². The summed E-state index contributed by atoms with van der Waals surface area (Å²) >= 11 is 0. The van der Waals surface area contributed by atoms with E-state index in [1.165, 1.54) is 5.56 Å². The minimum atomic E-state index is -0.156. The molecule has 1 amide bonds. The van der Waals surface area contributed by atoms with Crippen LogP contribution in [0, 0.1) is 0 Å². The highest BCUT2D eigenvalue weighted by Crippen LogP contribution is 2.06. The van der Waals surface area contributed by atoms with Crippen molar-refractivity contribution in [3.63, 3.8) is 0 Å². The van der Waals surface area contributed by atoms with Gasteiger partial charge in [-0.1, -0.05) is 37.3 Å². The van der Waals surface area contributed by atoms with Gasteiger partial charge in [0, 0.05) is 12.1 Å². The highest BCUT2D eigenvalue weighted by atomic mass is 16.2. The van der Waals surface area contributed by atoms with E-state index in [4.69, 9.17) is 0 Å². The van der Waals surface area contributed by atoms with Crippen LogP contribution in [0.4, 0.5) is 0 Å². The molecule has 0 spiro atoms. The van der Waals surface area contributed by atoms with Gasteiger partial charge in [-0.2, -0.15) is 0 Å². The minimum absolute atomic E-state index is 0.0708. The maximum absolute atomic E-state index is 11.9. The standard InChI is InChI=1S/C16H26N2O/c1-5-15(11-14-9-7-6-8-10-14)18-13(4)16(19)17-12(2)3/h6-10,12-13,15,18H,5,11H2,1-4H3,(H,17,19). The van der Waals surface area contributed by atoms with Gasteiger partial charge in [0.1, 0.15) is 0 Å². The number of nitrogens with one attached hydrogen (secondary N) is 2. The molecule has 0 radical (unpaired) electrons. The molecule has 3 nitrogen and oxygen atoms in total. The van der Waals surface area contributed by atoms with Gasteiger partial charge in [0.2, 0.25) is 5.91 Å². The molecular weight excluding hydrogens is 236 g/mol. The number of hydrogen-bond acceptors (Lipinski definition) is 2. The van der Waals surface area contributed by atoms with Crippen molar-refractivity contribution in [1.29, 1.82) is 0 Å². The largest absolute Gasteiger partial charge is 0.353 e. The van der Waals surface area contributed by atoms with Crippen LogP contribution in [-0.4, -0.2) is 24.0 Å². The Balaban J connectivity index is 2.50. The van der Waals surface area contributed by atoms with Crippen LogP contribution in [-0.2, 0) is 11.2 Å². The molecule has 2 atom stereocenters. The van der Waals surface area contributed by atoms with Gasteiger partial charge in [-0.25, -0.2) is 0 Å². The second-order valence-electron chi connectivity index (χ2n) is 5.35. The molecule has 3 heteroatoms. The number of amides is 1. The van der Waals surface area contributed by atoms with Crippen LogP contribution in [0.2, 0.25) is 0 Å². The summed E-state index contributed by atoms with van der Waals surface area (Å²) in [7, 11) is 0. The van der Waals surface area contributed by atoms with Crippen molar-refractivity contribution in [2.45, 2.75) is 58.7 Å². The van der Waals surface area contributed by atoms with Crippen LogP contribution in [0.1, 0.15) is 39.7 Å².